The molecule has 0 radical (unpaired) electrons. The molecule has 0 aliphatic carbocycles. The Bertz CT molecular complexity index is 205. The number of hydrogen-bond donors (Lipinski definition) is 1. The fourth-order valence-corrected chi connectivity index (χ4v) is 1.52. The van der Waals surface area contributed by atoms with Crippen molar-refractivity contribution in [2.45, 2.75) is 45.6 Å². The van der Waals surface area contributed by atoms with E-state index in [2.05, 4.69) is 31.9 Å². The Kier molecular flexibility index (Phi) is 6.55. The van der Waals surface area contributed by atoms with Gasteiger partial charge in [0.25, 0.3) is 0 Å². The van der Waals surface area contributed by atoms with Gasteiger partial charge in [-0.15, -0.1) is 0 Å². The van der Waals surface area contributed by atoms with E-state index in [1.165, 1.54) is 6.42 Å². The van der Waals surface area contributed by atoms with Crippen molar-refractivity contribution >= 4 is 0 Å². The third kappa shape index (κ3) is 7.35. The smallest absolute Gasteiger partial charge is 0.101 e. The fourth-order valence-electron chi connectivity index (χ4n) is 1.52. The van der Waals surface area contributed by atoms with Gasteiger partial charge >= 0.3 is 0 Å². The molecule has 2 N–H and O–H groups in total. The van der Waals surface area contributed by atoms with Crippen molar-refractivity contribution in [1.82, 2.24) is 4.90 Å². The second-order valence-electron chi connectivity index (χ2n) is 4.91. The Morgan fingerprint density at radius 3 is 2.60 bits per heavy atom. The molecule has 3 nitrogen and oxygen atoms in total. The van der Waals surface area contributed by atoms with Crippen LogP contribution in [0.2, 0.25) is 0 Å². The SMILES string of the molecule is CCC(C)CN(C)CCCC(C)(N)C#N. The summed E-state index contributed by atoms with van der Waals surface area (Å²) in [5.41, 5.74) is 5.09. The number of hydrogen-bond acceptors (Lipinski definition) is 3. The first-order chi connectivity index (χ1) is 6.91. The van der Waals surface area contributed by atoms with Crippen LogP contribution >= 0.6 is 0 Å². The summed E-state index contributed by atoms with van der Waals surface area (Å²) in [5.74, 6) is 0.746. The highest BCUT2D eigenvalue weighted by atomic mass is 15.1. The van der Waals surface area contributed by atoms with Crippen molar-refractivity contribution in [3.8, 4) is 6.07 Å². The molecule has 0 saturated carbocycles. The summed E-state index contributed by atoms with van der Waals surface area (Å²) >= 11 is 0. The van der Waals surface area contributed by atoms with Crippen molar-refractivity contribution in [3.63, 3.8) is 0 Å². The van der Waals surface area contributed by atoms with E-state index in [1.54, 1.807) is 6.92 Å². The number of nitriles is 1. The molecule has 0 rings (SSSR count). The summed E-state index contributed by atoms with van der Waals surface area (Å²) in [6.07, 6.45) is 2.99. The minimum Gasteiger partial charge on any atom is -0.314 e. The molecule has 3 heteroatoms. The first kappa shape index (κ1) is 14.4. The monoisotopic (exact) mass is 211 g/mol. The molecule has 0 fully saturated rings. The van der Waals surface area contributed by atoms with Gasteiger partial charge in [0.2, 0.25) is 0 Å². The van der Waals surface area contributed by atoms with Crippen LogP contribution in [0.5, 0.6) is 0 Å². The lowest BCUT2D eigenvalue weighted by molar-refractivity contribution is 0.271. The van der Waals surface area contributed by atoms with Crippen LogP contribution < -0.4 is 5.73 Å². The van der Waals surface area contributed by atoms with Crippen molar-refractivity contribution in [2.24, 2.45) is 11.7 Å². The standard InChI is InChI=1S/C12H25N3/c1-5-11(2)9-15(4)8-6-7-12(3,14)10-13/h11H,5-9,14H2,1-4H3. The van der Waals surface area contributed by atoms with Gasteiger partial charge in [-0.1, -0.05) is 20.3 Å². The fraction of sp³-hybridized carbons (Fsp3) is 0.917. The highest BCUT2D eigenvalue weighted by Gasteiger charge is 2.16. The first-order valence-electron chi connectivity index (χ1n) is 5.80. The maximum atomic E-state index is 8.75. The predicted molar refractivity (Wildman–Crippen MR) is 64.4 cm³/mol. The van der Waals surface area contributed by atoms with Crippen molar-refractivity contribution < 1.29 is 0 Å². The Morgan fingerprint density at radius 2 is 2.13 bits per heavy atom. The van der Waals surface area contributed by atoms with Crippen molar-refractivity contribution in [3.05, 3.63) is 0 Å². The largest absolute Gasteiger partial charge is 0.314 e. The molecule has 0 amide bonds. The maximum Gasteiger partial charge on any atom is 0.101 e. The van der Waals surface area contributed by atoms with Crippen LogP contribution in [-0.4, -0.2) is 30.6 Å². The lowest BCUT2D eigenvalue weighted by atomic mass is 9.99. The van der Waals surface area contributed by atoms with E-state index in [4.69, 9.17) is 11.0 Å². The molecule has 2 atom stereocenters. The van der Waals surface area contributed by atoms with Gasteiger partial charge in [0, 0.05) is 6.54 Å². The number of rotatable bonds is 7. The van der Waals surface area contributed by atoms with E-state index < -0.39 is 5.54 Å². The molecule has 88 valence electrons. The van der Waals surface area contributed by atoms with Gasteiger partial charge in [-0.2, -0.15) is 5.26 Å². The molecule has 0 spiro atoms. The summed E-state index contributed by atoms with van der Waals surface area (Å²) in [4.78, 5) is 2.32. The third-order valence-corrected chi connectivity index (χ3v) is 2.81. The van der Waals surface area contributed by atoms with E-state index in [0.29, 0.717) is 0 Å². The van der Waals surface area contributed by atoms with E-state index >= 15 is 0 Å². The molecule has 2 unspecified atom stereocenters. The lowest BCUT2D eigenvalue weighted by Gasteiger charge is -2.22. The third-order valence-electron chi connectivity index (χ3n) is 2.81. The molecule has 0 aromatic heterocycles. The molecule has 0 saturated heterocycles. The summed E-state index contributed by atoms with van der Waals surface area (Å²) in [7, 11) is 2.13. The average Bonchev–Trinajstić information content (AvgIpc) is 2.17. The van der Waals surface area contributed by atoms with Gasteiger partial charge in [-0.3, -0.25) is 0 Å². The zero-order chi connectivity index (χ0) is 11.9. The topological polar surface area (TPSA) is 53.0 Å². The molecule has 0 bridgehead atoms. The molecule has 0 heterocycles. The van der Waals surface area contributed by atoms with Crippen molar-refractivity contribution in [2.75, 3.05) is 20.1 Å². The molecular weight excluding hydrogens is 186 g/mol. The summed E-state index contributed by atoms with van der Waals surface area (Å²) in [6.45, 7) is 8.43. The molecule has 0 aromatic rings. The second kappa shape index (κ2) is 6.81. The first-order valence-corrected chi connectivity index (χ1v) is 5.80. The summed E-state index contributed by atoms with van der Waals surface area (Å²) in [6, 6.07) is 2.13. The van der Waals surface area contributed by atoms with E-state index in [0.717, 1.165) is 31.8 Å². The van der Waals surface area contributed by atoms with Gasteiger partial charge in [-0.25, -0.2) is 0 Å². The quantitative estimate of drug-likeness (QED) is 0.700. The molecular formula is C12H25N3. The Morgan fingerprint density at radius 1 is 1.53 bits per heavy atom. The maximum absolute atomic E-state index is 8.75. The lowest BCUT2D eigenvalue weighted by Crippen LogP contribution is -2.35. The van der Waals surface area contributed by atoms with Gasteiger partial charge < -0.3 is 10.6 Å². The zero-order valence-corrected chi connectivity index (χ0v) is 10.6. The minimum atomic E-state index is -0.656. The molecule has 0 aliphatic rings. The minimum absolute atomic E-state index is 0.656. The molecule has 0 aromatic carbocycles. The molecule has 0 aliphatic heterocycles. The van der Waals surface area contributed by atoms with Crippen LogP contribution in [0, 0.1) is 17.2 Å². The van der Waals surface area contributed by atoms with Crippen LogP contribution in [0.4, 0.5) is 0 Å². The normalized spacial score (nSPS) is 17.1. The number of nitrogens with zero attached hydrogens (tertiary/aromatic N) is 2. The van der Waals surface area contributed by atoms with Gasteiger partial charge in [-0.05, 0) is 39.3 Å². The van der Waals surface area contributed by atoms with Crippen LogP contribution in [0.1, 0.15) is 40.0 Å². The van der Waals surface area contributed by atoms with E-state index in [9.17, 15) is 0 Å². The van der Waals surface area contributed by atoms with Gasteiger partial charge in [0.05, 0.1) is 6.07 Å². The highest BCUT2D eigenvalue weighted by molar-refractivity contribution is 5.00. The molecule has 15 heavy (non-hydrogen) atoms. The zero-order valence-electron chi connectivity index (χ0n) is 10.6. The Balaban J connectivity index is 3.65. The number of nitrogens with two attached hydrogens (primary N) is 1. The summed E-state index contributed by atoms with van der Waals surface area (Å²) < 4.78 is 0. The van der Waals surface area contributed by atoms with E-state index in [-0.39, 0.29) is 0 Å². The van der Waals surface area contributed by atoms with Crippen LogP contribution in [0.15, 0.2) is 0 Å². The van der Waals surface area contributed by atoms with Crippen LogP contribution in [0.3, 0.4) is 0 Å². The van der Waals surface area contributed by atoms with Gasteiger partial charge in [0.15, 0.2) is 0 Å². The Labute approximate surface area is 94.2 Å². The summed E-state index contributed by atoms with van der Waals surface area (Å²) in [5, 5.41) is 8.75. The van der Waals surface area contributed by atoms with E-state index in [1.807, 2.05) is 0 Å². The second-order valence-corrected chi connectivity index (χ2v) is 4.91. The van der Waals surface area contributed by atoms with Crippen LogP contribution in [0.25, 0.3) is 0 Å². The predicted octanol–water partition coefficient (Wildman–Crippen LogP) is 1.99. The highest BCUT2D eigenvalue weighted by Crippen LogP contribution is 2.09. The van der Waals surface area contributed by atoms with Gasteiger partial charge in [0.1, 0.15) is 5.54 Å². The van der Waals surface area contributed by atoms with Crippen LogP contribution in [-0.2, 0) is 0 Å². The van der Waals surface area contributed by atoms with Crippen molar-refractivity contribution in [1.29, 1.82) is 5.26 Å². The Hall–Kier alpha value is -0.590. The average molecular weight is 211 g/mol.